The number of phenolic OH excluding ortho intramolecular Hbond substituents is 1. The predicted octanol–water partition coefficient (Wildman–Crippen LogP) is 4.21. The van der Waals surface area contributed by atoms with E-state index in [4.69, 9.17) is 9.15 Å². The number of phenols is 1. The lowest BCUT2D eigenvalue weighted by atomic mass is 10.2. The Morgan fingerprint density at radius 2 is 1.76 bits per heavy atom. The zero-order valence-electron chi connectivity index (χ0n) is 13.8. The van der Waals surface area contributed by atoms with Crippen LogP contribution < -0.4 is 4.74 Å². The topological polar surface area (TPSA) is 45.8 Å². The van der Waals surface area contributed by atoms with Crippen LogP contribution >= 0.6 is 0 Å². The molecule has 0 radical (unpaired) electrons. The first-order valence-electron chi connectivity index (χ1n) is 8.11. The van der Waals surface area contributed by atoms with E-state index in [1.165, 1.54) is 12.1 Å². The first-order chi connectivity index (χ1) is 12.2. The lowest BCUT2D eigenvalue weighted by Crippen LogP contribution is -2.27. The molecule has 3 aromatic rings. The van der Waals surface area contributed by atoms with Gasteiger partial charge in [-0.3, -0.25) is 4.90 Å². The molecule has 0 fully saturated rings. The van der Waals surface area contributed by atoms with Crippen molar-refractivity contribution in [2.75, 3.05) is 13.2 Å². The molecule has 0 spiro atoms. The summed E-state index contributed by atoms with van der Waals surface area (Å²) >= 11 is 0. The Labute approximate surface area is 146 Å². The Morgan fingerprint density at radius 1 is 0.960 bits per heavy atom. The summed E-state index contributed by atoms with van der Waals surface area (Å²) in [6, 6.07) is 17.0. The Bertz CT molecular complexity index is 772. The minimum atomic E-state index is -0.286. The second kappa shape index (κ2) is 8.35. The van der Waals surface area contributed by atoms with Gasteiger partial charge in [0, 0.05) is 18.7 Å². The van der Waals surface area contributed by atoms with Crippen LogP contribution in [-0.2, 0) is 13.1 Å². The molecule has 0 aliphatic carbocycles. The van der Waals surface area contributed by atoms with Gasteiger partial charge in [-0.25, -0.2) is 4.39 Å². The van der Waals surface area contributed by atoms with E-state index in [1.807, 2.05) is 24.3 Å². The van der Waals surface area contributed by atoms with Crippen molar-refractivity contribution in [3.63, 3.8) is 0 Å². The molecule has 1 N–H and O–H groups in total. The molecule has 2 aromatic carbocycles. The third-order valence-corrected chi connectivity index (χ3v) is 3.83. The van der Waals surface area contributed by atoms with Crippen LogP contribution in [0.2, 0.25) is 0 Å². The summed E-state index contributed by atoms with van der Waals surface area (Å²) in [6.45, 7) is 2.25. The van der Waals surface area contributed by atoms with Gasteiger partial charge in [-0.15, -0.1) is 0 Å². The SMILES string of the molecule is Oc1ccccc1CN(CCOc1ccc(F)cc1)Cc1ccco1. The van der Waals surface area contributed by atoms with Crippen molar-refractivity contribution in [1.82, 2.24) is 4.90 Å². The zero-order chi connectivity index (χ0) is 17.5. The number of furan rings is 1. The molecule has 1 heterocycles. The average molecular weight is 341 g/mol. The summed E-state index contributed by atoms with van der Waals surface area (Å²) in [7, 11) is 0. The number of aromatic hydroxyl groups is 1. The zero-order valence-corrected chi connectivity index (χ0v) is 13.8. The largest absolute Gasteiger partial charge is 0.508 e. The predicted molar refractivity (Wildman–Crippen MR) is 92.8 cm³/mol. The highest BCUT2D eigenvalue weighted by Gasteiger charge is 2.11. The second-order valence-electron chi connectivity index (χ2n) is 5.72. The van der Waals surface area contributed by atoms with Crippen LogP contribution in [0.3, 0.4) is 0 Å². The highest BCUT2D eigenvalue weighted by atomic mass is 19.1. The Balaban J connectivity index is 1.61. The second-order valence-corrected chi connectivity index (χ2v) is 5.72. The average Bonchev–Trinajstić information content (AvgIpc) is 3.11. The van der Waals surface area contributed by atoms with E-state index in [0.717, 1.165) is 11.3 Å². The van der Waals surface area contributed by atoms with E-state index in [1.54, 1.807) is 30.5 Å². The molecule has 5 heteroatoms. The van der Waals surface area contributed by atoms with Crippen LogP contribution in [0.5, 0.6) is 11.5 Å². The summed E-state index contributed by atoms with van der Waals surface area (Å²) in [6.07, 6.45) is 1.64. The molecule has 25 heavy (non-hydrogen) atoms. The number of ether oxygens (including phenoxy) is 1. The van der Waals surface area contributed by atoms with Gasteiger partial charge in [-0.1, -0.05) is 18.2 Å². The summed E-state index contributed by atoms with van der Waals surface area (Å²) in [5.74, 6) is 1.46. The van der Waals surface area contributed by atoms with Crippen LogP contribution in [0.1, 0.15) is 11.3 Å². The van der Waals surface area contributed by atoms with Crippen molar-refractivity contribution in [2.24, 2.45) is 0 Å². The van der Waals surface area contributed by atoms with Gasteiger partial charge < -0.3 is 14.3 Å². The highest BCUT2D eigenvalue weighted by molar-refractivity contribution is 5.31. The van der Waals surface area contributed by atoms with Crippen molar-refractivity contribution in [3.8, 4) is 11.5 Å². The number of halogens is 1. The summed E-state index contributed by atoms with van der Waals surface area (Å²) < 4.78 is 24.0. The summed E-state index contributed by atoms with van der Waals surface area (Å²) in [5, 5.41) is 10.00. The quantitative estimate of drug-likeness (QED) is 0.667. The minimum Gasteiger partial charge on any atom is -0.508 e. The number of para-hydroxylation sites is 1. The number of benzene rings is 2. The van der Waals surface area contributed by atoms with Crippen LogP contribution in [-0.4, -0.2) is 23.2 Å². The molecule has 4 nitrogen and oxygen atoms in total. The number of hydrogen-bond acceptors (Lipinski definition) is 4. The molecule has 130 valence electrons. The van der Waals surface area contributed by atoms with E-state index in [2.05, 4.69) is 4.90 Å². The van der Waals surface area contributed by atoms with Crippen molar-refractivity contribution < 1.29 is 18.7 Å². The molecule has 0 saturated heterocycles. The van der Waals surface area contributed by atoms with Gasteiger partial charge in [-0.2, -0.15) is 0 Å². The lowest BCUT2D eigenvalue weighted by Gasteiger charge is -2.22. The van der Waals surface area contributed by atoms with Crippen molar-refractivity contribution in [2.45, 2.75) is 13.1 Å². The first kappa shape index (κ1) is 17.0. The van der Waals surface area contributed by atoms with Crippen LogP contribution in [0, 0.1) is 5.82 Å². The van der Waals surface area contributed by atoms with Crippen molar-refractivity contribution in [1.29, 1.82) is 0 Å². The van der Waals surface area contributed by atoms with E-state index in [0.29, 0.717) is 32.0 Å². The molecular formula is C20H20FNO3. The van der Waals surface area contributed by atoms with Crippen LogP contribution in [0.4, 0.5) is 4.39 Å². The third kappa shape index (κ3) is 5.09. The van der Waals surface area contributed by atoms with E-state index < -0.39 is 0 Å². The van der Waals surface area contributed by atoms with Gasteiger partial charge in [0.15, 0.2) is 0 Å². The van der Waals surface area contributed by atoms with Gasteiger partial charge in [-0.05, 0) is 42.5 Å². The summed E-state index contributed by atoms with van der Waals surface area (Å²) in [4.78, 5) is 2.12. The maximum Gasteiger partial charge on any atom is 0.123 e. The molecule has 3 rings (SSSR count). The van der Waals surface area contributed by atoms with Gasteiger partial charge in [0.25, 0.3) is 0 Å². The summed E-state index contributed by atoms with van der Waals surface area (Å²) in [5.41, 5.74) is 0.843. The molecule has 0 unspecified atom stereocenters. The fraction of sp³-hybridized carbons (Fsp3) is 0.200. The molecular weight excluding hydrogens is 321 g/mol. The van der Waals surface area contributed by atoms with E-state index in [-0.39, 0.29) is 11.6 Å². The molecule has 0 atom stereocenters. The van der Waals surface area contributed by atoms with E-state index >= 15 is 0 Å². The fourth-order valence-electron chi connectivity index (χ4n) is 2.55. The van der Waals surface area contributed by atoms with Crippen molar-refractivity contribution in [3.05, 3.63) is 84.1 Å². The molecule has 0 bridgehead atoms. The number of rotatable bonds is 8. The van der Waals surface area contributed by atoms with Gasteiger partial charge >= 0.3 is 0 Å². The molecule has 0 aliphatic rings. The maximum atomic E-state index is 12.9. The van der Waals surface area contributed by atoms with Crippen LogP contribution in [0.25, 0.3) is 0 Å². The molecule has 0 aliphatic heterocycles. The van der Waals surface area contributed by atoms with Crippen molar-refractivity contribution >= 4 is 0 Å². The smallest absolute Gasteiger partial charge is 0.123 e. The number of nitrogens with zero attached hydrogens (tertiary/aromatic N) is 1. The van der Waals surface area contributed by atoms with Gasteiger partial charge in [0.1, 0.15) is 29.7 Å². The maximum absolute atomic E-state index is 12.9. The molecule has 0 amide bonds. The Kier molecular flexibility index (Phi) is 5.69. The number of hydrogen-bond donors (Lipinski definition) is 1. The standard InChI is InChI=1S/C20H20FNO3/c21-17-7-9-18(10-8-17)25-13-11-22(15-19-5-3-12-24-19)14-16-4-1-2-6-20(16)23/h1-10,12,23H,11,13-15H2. The van der Waals surface area contributed by atoms with Gasteiger partial charge in [0.2, 0.25) is 0 Å². The minimum absolute atomic E-state index is 0.270. The fourth-order valence-corrected chi connectivity index (χ4v) is 2.55. The Hall–Kier alpha value is -2.79. The first-order valence-corrected chi connectivity index (χ1v) is 8.11. The third-order valence-electron chi connectivity index (χ3n) is 3.83. The monoisotopic (exact) mass is 341 g/mol. The normalized spacial score (nSPS) is 11.0. The van der Waals surface area contributed by atoms with E-state index in [9.17, 15) is 9.50 Å². The van der Waals surface area contributed by atoms with Crippen LogP contribution in [0.15, 0.2) is 71.3 Å². The highest BCUT2D eigenvalue weighted by Crippen LogP contribution is 2.19. The van der Waals surface area contributed by atoms with Gasteiger partial charge in [0.05, 0.1) is 12.8 Å². The molecule has 1 aromatic heterocycles. The Morgan fingerprint density at radius 3 is 2.48 bits per heavy atom. The molecule has 0 saturated carbocycles. The lowest BCUT2D eigenvalue weighted by molar-refractivity contribution is 0.184.